The van der Waals surface area contributed by atoms with Crippen molar-refractivity contribution in [2.24, 2.45) is 0 Å². The highest BCUT2D eigenvalue weighted by molar-refractivity contribution is 5.94. The van der Waals surface area contributed by atoms with Crippen molar-refractivity contribution >= 4 is 17.0 Å². The molecule has 1 aromatic carbocycles. The zero-order valence-electron chi connectivity index (χ0n) is 14.1. The highest BCUT2D eigenvalue weighted by Crippen LogP contribution is 2.24. The van der Waals surface area contributed by atoms with Gasteiger partial charge < -0.3 is 25.0 Å². The van der Waals surface area contributed by atoms with E-state index in [9.17, 15) is 29.7 Å². The molecule has 11 nitrogen and oxygen atoms in total. The van der Waals surface area contributed by atoms with Crippen LogP contribution in [0.25, 0.3) is 22.6 Å². The second kappa shape index (κ2) is 6.87. The molecule has 2 aliphatic rings. The van der Waals surface area contributed by atoms with Crippen LogP contribution in [0.15, 0.2) is 21.7 Å². The van der Waals surface area contributed by atoms with Crippen molar-refractivity contribution in [3.05, 3.63) is 44.1 Å². The minimum atomic E-state index is -1.49. The van der Waals surface area contributed by atoms with Gasteiger partial charge in [-0.05, 0) is 24.6 Å². The Morgan fingerprint density at radius 1 is 1.22 bits per heavy atom. The number of carboxylic acids is 1. The molecule has 2 unspecified atom stereocenters. The molecular formula is C16H16N4O7. The number of hydrogen-bond acceptors (Lipinski definition) is 8. The number of fused-ring (bicyclic) bond motifs is 2. The molecule has 5 N–H and O–H groups in total. The Morgan fingerprint density at radius 2 is 1.93 bits per heavy atom. The second-order valence-corrected chi connectivity index (χ2v) is 6.04. The maximum absolute atomic E-state index is 12.1. The van der Waals surface area contributed by atoms with Gasteiger partial charge in [-0.2, -0.15) is 4.98 Å². The normalized spacial score (nSPS) is 13.8. The van der Waals surface area contributed by atoms with E-state index in [0.717, 1.165) is 0 Å². The number of carbonyl (C=O) groups is 1. The predicted molar refractivity (Wildman–Crippen MR) is 91.8 cm³/mol. The molecule has 27 heavy (non-hydrogen) atoms. The molecule has 0 spiro atoms. The number of nitrogens with zero attached hydrogens (tertiary/aromatic N) is 3. The fraction of sp³-hybridized carbons (Fsp3) is 0.312. The number of aryl methyl sites for hydroxylation is 1. The van der Waals surface area contributed by atoms with Gasteiger partial charge in [-0.1, -0.05) is 0 Å². The van der Waals surface area contributed by atoms with E-state index in [1.165, 1.54) is 16.7 Å². The lowest BCUT2D eigenvalue weighted by Gasteiger charge is -2.22. The van der Waals surface area contributed by atoms with Gasteiger partial charge in [0.1, 0.15) is 12.2 Å². The van der Waals surface area contributed by atoms with Crippen LogP contribution >= 0.6 is 0 Å². The molecule has 2 atom stereocenters. The summed E-state index contributed by atoms with van der Waals surface area (Å²) in [6.45, 7) is 0.477. The molecule has 0 saturated carbocycles. The molecule has 0 aliphatic carbocycles. The Bertz CT molecular complexity index is 1120. The zero-order chi connectivity index (χ0) is 19.9. The molecule has 0 fully saturated rings. The van der Waals surface area contributed by atoms with Crippen LogP contribution in [-0.2, 0) is 6.54 Å². The van der Waals surface area contributed by atoms with E-state index in [-0.39, 0.29) is 34.7 Å². The van der Waals surface area contributed by atoms with Crippen LogP contribution in [-0.4, -0.2) is 64.7 Å². The third-order valence-corrected chi connectivity index (χ3v) is 4.19. The maximum atomic E-state index is 12.1. The lowest BCUT2D eigenvalue weighted by Crippen LogP contribution is -2.35. The molecule has 0 aromatic heterocycles. The Hall–Kier alpha value is -3.15. The topological polar surface area (TPSA) is 179 Å². The summed E-state index contributed by atoms with van der Waals surface area (Å²) in [5.74, 6) is -1.37. The lowest BCUT2D eigenvalue weighted by atomic mass is 10.1. The third-order valence-electron chi connectivity index (χ3n) is 4.19. The van der Waals surface area contributed by atoms with E-state index in [1.54, 1.807) is 6.92 Å². The van der Waals surface area contributed by atoms with Crippen molar-refractivity contribution in [2.45, 2.75) is 25.7 Å². The van der Waals surface area contributed by atoms with E-state index in [1.807, 2.05) is 4.98 Å². The second-order valence-electron chi connectivity index (χ2n) is 6.04. The predicted octanol–water partition coefficient (Wildman–Crippen LogP) is -1.69. The van der Waals surface area contributed by atoms with Gasteiger partial charge in [0.25, 0.3) is 5.56 Å². The van der Waals surface area contributed by atoms with E-state index in [2.05, 4.69) is 9.97 Å². The molecule has 0 radical (unpaired) electrons. The Morgan fingerprint density at radius 3 is 2.56 bits per heavy atom. The molecule has 0 amide bonds. The molecular weight excluding hydrogens is 360 g/mol. The van der Waals surface area contributed by atoms with Gasteiger partial charge in [0, 0.05) is 0 Å². The smallest absolute Gasteiger partial charge is 0.349 e. The van der Waals surface area contributed by atoms with E-state index < -0.39 is 36.0 Å². The summed E-state index contributed by atoms with van der Waals surface area (Å²) in [5.41, 5.74) is -1.14. The monoisotopic (exact) mass is 376 g/mol. The van der Waals surface area contributed by atoms with Crippen LogP contribution in [0.2, 0.25) is 0 Å². The lowest BCUT2D eigenvalue weighted by molar-refractivity contribution is -0.0209. The van der Waals surface area contributed by atoms with Crippen LogP contribution in [0, 0.1) is 6.92 Å². The number of rotatable bonds is 5. The maximum Gasteiger partial charge on any atom is 0.349 e. The average Bonchev–Trinajstić information content (AvgIpc) is 2.60. The SMILES string of the molecule is Cc1cc2nc3c(=O)[nH]c(=O)nc-3n(CC(O)C(O)CO)c2cc1C(=O)O. The molecule has 0 saturated heterocycles. The minimum absolute atomic E-state index is 0.0400. The van der Waals surface area contributed by atoms with Crippen LogP contribution in [0.3, 0.4) is 0 Å². The molecule has 11 heteroatoms. The number of aliphatic hydroxyl groups excluding tert-OH is 3. The molecule has 142 valence electrons. The first-order valence-electron chi connectivity index (χ1n) is 7.88. The first-order valence-corrected chi connectivity index (χ1v) is 7.88. The van der Waals surface area contributed by atoms with E-state index in [4.69, 9.17) is 5.11 Å². The van der Waals surface area contributed by atoms with Gasteiger partial charge in [-0.25, -0.2) is 14.6 Å². The highest BCUT2D eigenvalue weighted by atomic mass is 16.4. The number of aromatic amines is 1. The number of nitrogens with one attached hydrogen (secondary N) is 1. The summed E-state index contributed by atoms with van der Waals surface area (Å²) in [6.07, 6.45) is -2.96. The van der Waals surface area contributed by atoms with Crippen LogP contribution in [0.4, 0.5) is 0 Å². The van der Waals surface area contributed by atoms with Crippen molar-refractivity contribution in [2.75, 3.05) is 6.61 Å². The van der Waals surface area contributed by atoms with E-state index in [0.29, 0.717) is 5.56 Å². The summed E-state index contributed by atoms with van der Waals surface area (Å²) >= 11 is 0. The number of aromatic nitrogens is 4. The Balaban J connectivity index is 2.41. The number of H-pyrrole nitrogens is 1. The standard InChI is InChI=1S/C16H16N4O7/c1-6-2-8-9(3-7(6)15(25)26)20(4-10(22)11(23)5-21)13-12(17-8)14(24)19-16(27)18-13/h2-3,10-11,21-23H,4-5H2,1H3,(H,25,26)(H,19,24,27). The largest absolute Gasteiger partial charge is 0.478 e. The summed E-state index contributed by atoms with van der Waals surface area (Å²) < 4.78 is 1.23. The van der Waals surface area contributed by atoms with Gasteiger partial charge in [-0.3, -0.25) is 9.78 Å². The fourth-order valence-corrected chi connectivity index (χ4v) is 2.79. The van der Waals surface area contributed by atoms with Crippen molar-refractivity contribution in [1.82, 2.24) is 19.5 Å². The van der Waals surface area contributed by atoms with Gasteiger partial charge >= 0.3 is 11.7 Å². The number of aromatic carboxylic acids is 1. The first kappa shape index (κ1) is 18.6. The molecule has 0 bridgehead atoms. The van der Waals surface area contributed by atoms with Crippen LogP contribution in [0.1, 0.15) is 15.9 Å². The Labute approximate surface area is 150 Å². The van der Waals surface area contributed by atoms with Gasteiger partial charge in [0.05, 0.1) is 29.7 Å². The van der Waals surface area contributed by atoms with Crippen molar-refractivity contribution in [3.8, 4) is 11.5 Å². The van der Waals surface area contributed by atoms with Crippen molar-refractivity contribution < 1.29 is 25.2 Å². The summed E-state index contributed by atoms with van der Waals surface area (Å²) in [4.78, 5) is 45.1. The number of aliphatic hydroxyl groups is 3. The van der Waals surface area contributed by atoms with Gasteiger partial charge in [0.2, 0.25) is 0 Å². The molecule has 2 heterocycles. The average molecular weight is 376 g/mol. The van der Waals surface area contributed by atoms with Crippen LogP contribution in [0.5, 0.6) is 0 Å². The minimum Gasteiger partial charge on any atom is -0.478 e. The van der Waals surface area contributed by atoms with Crippen molar-refractivity contribution in [3.63, 3.8) is 0 Å². The summed E-state index contributed by atoms with van der Waals surface area (Å²) in [5, 5.41) is 38.1. The third kappa shape index (κ3) is 3.30. The first-order chi connectivity index (χ1) is 12.7. The van der Waals surface area contributed by atoms with Gasteiger partial charge in [-0.15, -0.1) is 0 Å². The Kier molecular flexibility index (Phi) is 4.74. The van der Waals surface area contributed by atoms with Crippen LogP contribution < -0.4 is 11.2 Å². The fourth-order valence-electron chi connectivity index (χ4n) is 2.79. The number of carboxylic acid groups (broad SMARTS) is 1. The molecule has 1 aromatic rings. The number of hydrogen-bond donors (Lipinski definition) is 5. The summed E-state index contributed by atoms with van der Waals surface area (Å²) in [7, 11) is 0. The summed E-state index contributed by atoms with van der Waals surface area (Å²) in [6, 6.07) is 2.74. The quantitative estimate of drug-likeness (QED) is 0.325. The molecule has 2 aliphatic heterocycles. The van der Waals surface area contributed by atoms with E-state index >= 15 is 0 Å². The number of benzene rings is 1. The van der Waals surface area contributed by atoms with Crippen molar-refractivity contribution in [1.29, 1.82) is 0 Å². The zero-order valence-corrected chi connectivity index (χ0v) is 14.1. The van der Waals surface area contributed by atoms with Gasteiger partial charge in [0.15, 0.2) is 11.5 Å². The highest BCUT2D eigenvalue weighted by Gasteiger charge is 2.24. The molecule has 3 rings (SSSR count).